The molecule has 2 aromatic rings. The highest BCUT2D eigenvalue weighted by molar-refractivity contribution is 6.14. The molecule has 3 heterocycles. The topological polar surface area (TPSA) is 100 Å². The molecule has 0 saturated heterocycles. The molecule has 0 saturated carbocycles. The number of rotatable bonds is 6. The molecular formula is C20H21N3O4. The van der Waals surface area contributed by atoms with Gasteiger partial charge in [-0.05, 0) is 30.7 Å². The number of carbonyl (C=O) groups excluding carboxylic acids is 2. The number of nitrogens with zero attached hydrogens (tertiary/aromatic N) is 3. The number of hydrogen-bond acceptors (Lipinski definition) is 5. The molecule has 1 unspecified atom stereocenters. The van der Waals surface area contributed by atoms with Gasteiger partial charge in [0, 0.05) is 24.5 Å². The number of carboxylic acid groups (broad SMARTS) is 1. The van der Waals surface area contributed by atoms with Gasteiger partial charge in [0.05, 0.1) is 11.4 Å². The quantitative estimate of drug-likeness (QED) is 0.788. The molecule has 0 aromatic carbocycles. The lowest BCUT2D eigenvalue weighted by atomic mass is 10.1. The van der Waals surface area contributed by atoms with Crippen LogP contribution in [0.1, 0.15) is 26.2 Å². The summed E-state index contributed by atoms with van der Waals surface area (Å²) < 4.78 is 0. The van der Waals surface area contributed by atoms with E-state index in [0.717, 1.165) is 34.9 Å². The number of pyridine rings is 2. The molecule has 0 spiro atoms. The average molecular weight is 367 g/mol. The largest absolute Gasteiger partial charge is 0.480 e. The molecule has 0 bridgehead atoms. The number of carbonyl (C=O) groups is 3. The summed E-state index contributed by atoms with van der Waals surface area (Å²) in [6.07, 6.45) is 7.55. The maximum atomic E-state index is 11.2. The van der Waals surface area contributed by atoms with Crippen LogP contribution in [0.15, 0.2) is 60.9 Å². The fraction of sp³-hybridized carbons (Fsp3) is 0.250. The first-order chi connectivity index (χ1) is 13.0. The van der Waals surface area contributed by atoms with Crippen molar-refractivity contribution in [1.29, 1.82) is 0 Å². The molecule has 1 atom stereocenters. The Hall–Kier alpha value is -3.35. The van der Waals surface area contributed by atoms with Crippen LogP contribution < -0.4 is 0 Å². The van der Waals surface area contributed by atoms with E-state index in [4.69, 9.17) is 5.11 Å². The lowest BCUT2D eigenvalue weighted by molar-refractivity contribution is -0.153. The van der Waals surface area contributed by atoms with Crippen LogP contribution in [0.5, 0.6) is 0 Å². The van der Waals surface area contributed by atoms with Gasteiger partial charge in [0.15, 0.2) is 0 Å². The Morgan fingerprint density at radius 1 is 1.00 bits per heavy atom. The fourth-order valence-electron chi connectivity index (χ4n) is 2.51. The maximum absolute atomic E-state index is 11.2. The second-order valence-electron chi connectivity index (χ2n) is 5.81. The zero-order valence-electron chi connectivity index (χ0n) is 15.0. The van der Waals surface area contributed by atoms with Crippen LogP contribution in [0.3, 0.4) is 0 Å². The first-order valence-corrected chi connectivity index (χ1v) is 8.65. The molecule has 0 radical (unpaired) electrons. The first kappa shape index (κ1) is 20.0. The number of aromatic nitrogens is 2. The van der Waals surface area contributed by atoms with Gasteiger partial charge in [0.1, 0.15) is 6.04 Å². The standard InChI is InChI=1S/C10H8N2.C10H13NO4/c1-3-7-11-9(5-1)10-6-2-4-8-12-10;1-2-3-4-7(10(14)15)11-8(12)5-6-9(11)13/h1-8H;5-7H,2-4H2,1H3,(H,14,15). The fourth-order valence-corrected chi connectivity index (χ4v) is 2.51. The Labute approximate surface area is 157 Å². The molecule has 27 heavy (non-hydrogen) atoms. The summed E-state index contributed by atoms with van der Waals surface area (Å²) in [7, 11) is 0. The Kier molecular flexibility index (Phi) is 7.37. The number of carboxylic acids is 1. The van der Waals surface area contributed by atoms with Crippen LogP contribution in [0.4, 0.5) is 0 Å². The summed E-state index contributed by atoms with van der Waals surface area (Å²) in [5, 5.41) is 8.92. The molecular weight excluding hydrogens is 346 g/mol. The summed E-state index contributed by atoms with van der Waals surface area (Å²) in [5.41, 5.74) is 1.83. The van der Waals surface area contributed by atoms with Crippen molar-refractivity contribution < 1.29 is 19.5 Å². The minimum absolute atomic E-state index is 0.311. The highest BCUT2D eigenvalue weighted by atomic mass is 16.4. The Bertz CT molecular complexity index is 751. The van der Waals surface area contributed by atoms with Crippen LogP contribution in [0.2, 0.25) is 0 Å². The molecule has 1 aliphatic rings. The zero-order valence-corrected chi connectivity index (χ0v) is 15.0. The van der Waals surface area contributed by atoms with E-state index in [9.17, 15) is 14.4 Å². The Morgan fingerprint density at radius 3 is 1.89 bits per heavy atom. The van der Waals surface area contributed by atoms with Gasteiger partial charge < -0.3 is 5.11 Å². The summed E-state index contributed by atoms with van der Waals surface area (Å²) in [6, 6.07) is 10.6. The van der Waals surface area contributed by atoms with Crippen molar-refractivity contribution in [2.24, 2.45) is 0 Å². The molecule has 7 nitrogen and oxygen atoms in total. The van der Waals surface area contributed by atoms with Crippen molar-refractivity contribution in [2.75, 3.05) is 0 Å². The average Bonchev–Trinajstić information content (AvgIpc) is 3.02. The molecule has 1 N–H and O–H groups in total. The maximum Gasteiger partial charge on any atom is 0.326 e. The van der Waals surface area contributed by atoms with E-state index in [1.165, 1.54) is 0 Å². The van der Waals surface area contributed by atoms with Crippen LogP contribution >= 0.6 is 0 Å². The molecule has 2 aromatic heterocycles. The first-order valence-electron chi connectivity index (χ1n) is 8.65. The third-order valence-electron chi connectivity index (χ3n) is 3.86. The van der Waals surface area contributed by atoms with Crippen molar-refractivity contribution >= 4 is 17.8 Å². The van der Waals surface area contributed by atoms with Crippen LogP contribution in [0, 0.1) is 0 Å². The molecule has 3 rings (SSSR count). The third-order valence-corrected chi connectivity index (χ3v) is 3.86. The van der Waals surface area contributed by atoms with Gasteiger partial charge in [-0.25, -0.2) is 4.79 Å². The Morgan fingerprint density at radius 2 is 1.52 bits per heavy atom. The minimum Gasteiger partial charge on any atom is -0.480 e. The molecule has 0 fully saturated rings. The minimum atomic E-state index is -1.13. The van der Waals surface area contributed by atoms with Gasteiger partial charge in [-0.3, -0.25) is 24.5 Å². The van der Waals surface area contributed by atoms with E-state index >= 15 is 0 Å². The van der Waals surface area contributed by atoms with Gasteiger partial charge in [-0.1, -0.05) is 31.9 Å². The number of imide groups is 1. The van der Waals surface area contributed by atoms with Crippen molar-refractivity contribution in [2.45, 2.75) is 32.2 Å². The van der Waals surface area contributed by atoms with E-state index in [0.29, 0.717) is 12.8 Å². The lowest BCUT2D eigenvalue weighted by Crippen LogP contribution is -2.44. The normalized spacial score (nSPS) is 13.9. The van der Waals surface area contributed by atoms with E-state index in [-0.39, 0.29) is 0 Å². The second-order valence-corrected chi connectivity index (χ2v) is 5.81. The summed E-state index contributed by atoms with van der Waals surface area (Å²) in [5.74, 6) is -2.21. The van der Waals surface area contributed by atoms with Crippen molar-refractivity contribution in [3.8, 4) is 11.4 Å². The van der Waals surface area contributed by atoms with Gasteiger partial charge >= 0.3 is 5.97 Å². The number of amides is 2. The van der Waals surface area contributed by atoms with Crippen LogP contribution in [-0.2, 0) is 14.4 Å². The Balaban J connectivity index is 0.000000198. The van der Waals surface area contributed by atoms with Crippen molar-refractivity contribution in [3.63, 3.8) is 0 Å². The SMILES string of the molecule is CCCCC(C(=O)O)N1C(=O)C=CC1=O.c1ccc(-c2ccccn2)nc1. The molecule has 1 aliphatic heterocycles. The van der Waals surface area contributed by atoms with Gasteiger partial charge in [-0.2, -0.15) is 0 Å². The monoisotopic (exact) mass is 367 g/mol. The molecule has 7 heteroatoms. The van der Waals surface area contributed by atoms with E-state index in [2.05, 4.69) is 9.97 Å². The summed E-state index contributed by atoms with van der Waals surface area (Å²) >= 11 is 0. The van der Waals surface area contributed by atoms with Crippen LogP contribution in [-0.4, -0.2) is 43.8 Å². The third kappa shape index (κ3) is 5.57. The van der Waals surface area contributed by atoms with Gasteiger partial charge in [-0.15, -0.1) is 0 Å². The lowest BCUT2D eigenvalue weighted by Gasteiger charge is -2.21. The van der Waals surface area contributed by atoms with Gasteiger partial charge in [0.25, 0.3) is 11.8 Å². The predicted molar refractivity (Wildman–Crippen MR) is 99.4 cm³/mol. The predicted octanol–water partition coefficient (Wildman–Crippen LogP) is 2.70. The smallest absolute Gasteiger partial charge is 0.326 e. The molecule has 140 valence electrons. The highest BCUT2D eigenvalue weighted by Crippen LogP contribution is 2.15. The zero-order chi connectivity index (χ0) is 19.6. The van der Waals surface area contributed by atoms with E-state index in [1.807, 2.05) is 43.3 Å². The number of unbranched alkanes of at least 4 members (excludes halogenated alkanes) is 1. The molecule has 0 aliphatic carbocycles. The summed E-state index contributed by atoms with van der Waals surface area (Å²) in [6.45, 7) is 1.92. The van der Waals surface area contributed by atoms with E-state index in [1.54, 1.807) is 12.4 Å². The molecule has 2 amide bonds. The summed E-state index contributed by atoms with van der Waals surface area (Å²) in [4.78, 5) is 42.6. The highest BCUT2D eigenvalue weighted by Gasteiger charge is 2.35. The number of aliphatic carboxylic acids is 1. The van der Waals surface area contributed by atoms with Crippen LogP contribution in [0.25, 0.3) is 11.4 Å². The second kappa shape index (κ2) is 9.96. The number of hydrogen-bond donors (Lipinski definition) is 1. The van der Waals surface area contributed by atoms with Crippen molar-refractivity contribution in [1.82, 2.24) is 14.9 Å². The van der Waals surface area contributed by atoms with Crippen molar-refractivity contribution in [3.05, 3.63) is 60.9 Å². The van der Waals surface area contributed by atoms with E-state index < -0.39 is 23.8 Å². The van der Waals surface area contributed by atoms with Gasteiger partial charge in [0.2, 0.25) is 0 Å².